The highest BCUT2D eigenvalue weighted by Crippen LogP contribution is 2.36. The Morgan fingerprint density at radius 3 is 2.27 bits per heavy atom. The molecule has 0 radical (unpaired) electrons. The van der Waals surface area contributed by atoms with Crippen molar-refractivity contribution in [1.29, 1.82) is 0 Å². The third-order valence-electron chi connectivity index (χ3n) is 4.42. The van der Waals surface area contributed by atoms with Crippen LogP contribution in [0, 0.1) is 0 Å². The first-order valence-electron chi connectivity index (χ1n) is 8.91. The van der Waals surface area contributed by atoms with Crippen molar-refractivity contribution in [2.75, 3.05) is 0 Å². The van der Waals surface area contributed by atoms with Gasteiger partial charge in [-0.3, -0.25) is 5.32 Å². The van der Waals surface area contributed by atoms with Gasteiger partial charge in [0.25, 0.3) is 0 Å². The zero-order valence-electron chi connectivity index (χ0n) is 17.0. The third-order valence-corrected chi connectivity index (χ3v) is 4.42. The van der Waals surface area contributed by atoms with E-state index in [1.54, 1.807) is 6.92 Å². The number of carbonyl (C=O) groups is 1. The molecule has 0 bridgehead atoms. The molecular formula is C19H30BNO5. The van der Waals surface area contributed by atoms with Crippen molar-refractivity contribution in [3.05, 3.63) is 24.3 Å². The molecule has 0 aliphatic carbocycles. The van der Waals surface area contributed by atoms with Crippen molar-refractivity contribution < 1.29 is 23.6 Å². The van der Waals surface area contributed by atoms with Crippen molar-refractivity contribution in [2.24, 2.45) is 0 Å². The lowest BCUT2D eigenvalue weighted by Gasteiger charge is -2.32. The zero-order valence-corrected chi connectivity index (χ0v) is 17.0. The molecule has 0 spiro atoms. The Bertz CT molecular complexity index is 638. The van der Waals surface area contributed by atoms with Gasteiger partial charge in [-0.2, -0.15) is 0 Å². The van der Waals surface area contributed by atoms with Crippen molar-refractivity contribution in [3.63, 3.8) is 0 Å². The maximum atomic E-state index is 11.8. The van der Waals surface area contributed by atoms with Gasteiger partial charge < -0.3 is 18.8 Å². The van der Waals surface area contributed by atoms with Crippen molar-refractivity contribution >= 4 is 18.7 Å². The maximum Gasteiger partial charge on any atom is 0.494 e. The van der Waals surface area contributed by atoms with E-state index >= 15 is 0 Å². The number of carbonyl (C=O) groups excluding carboxylic acids is 1. The van der Waals surface area contributed by atoms with E-state index in [4.69, 9.17) is 18.8 Å². The van der Waals surface area contributed by atoms with Crippen LogP contribution in [-0.4, -0.2) is 36.2 Å². The van der Waals surface area contributed by atoms with E-state index in [1.807, 2.05) is 72.7 Å². The van der Waals surface area contributed by atoms with Gasteiger partial charge in [0.2, 0.25) is 0 Å². The molecule has 144 valence electrons. The maximum absolute atomic E-state index is 11.8. The molecule has 1 heterocycles. The van der Waals surface area contributed by atoms with Gasteiger partial charge in [0.15, 0.2) is 6.23 Å². The highest BCUT2D eigenvalue weighted by Gasteiger charge is 2.51. The molecule has 2 rings (SSSR count). The van der Waals surface area contributed by atoms with E-state index in [2.05, 4.69) is 5.32 Å². The van der Waals surface area contributed by atoms with Gasteiger partial charge in [-0.1, -0.05) is 12.1 Å². The zero-order chi connectivity index (χ0) is 19.8. The molecule has 0 aromatic heterocycles. The van der Waals surface area contributed by atoms with Gasteiger partial charge >= 0.3 is 13.2 Å². The van der Waals surface area contributed by atoms with Crippen LogP contribution in [0.3, 0.4) is 0 Å². The monoisotopic (exact) mass is 363 g/mol. The Morgan fingerprint density at radius 2 is 1.73 bits per heavy atom. The number of hydrogen-bond acceptors (Lipinski definition) is 5. The quantitative estimate of drug-likeness (QED) is 0.657. The van der Waals surface area contributed by atoms with E-state index in [1.165, 1.54) is 0 Å². The van der Waals surface area contributed by atoms with E-state index in [0.29, 0.717) is 5.75 Å². The fourth-order valence-corrected chi connectivity index (χ4v) is 2.42. The van der Waals surface area contributed by atoms with Crippen LogP contribution in [0.5, 0.6) is 5.75 Å². The number of alkyl carbamates (subject to hydrolysis) is 1. The first-order valence-corrected chi connectivity index (χ1v) is 8.91. The number of nitrogens with one attached hydrogen (secondary N) is 1. The Kier molecular flexibility index (Phi) is 5.64. The molecule has 1 N–H and O–H groups in total. The highest BCUT2D eigenvalue weighted by atomic mass is 16.7. The van der Waals surface area contributed by atoms with Gasteiger partial charge in [-0.15, -0.1) is 0 Å². The molecule has 1 fully saturated rings. The number of amides is 1. The number of hydrogen-bond donors (Lipinski definition) is 1. The fraction of sp³-hybridized carbons (Fsp3) is 0.632. The standard InChI is InChI=1S/C19H30BNO5/c1-13(21-16(22)24-17(2,3)4)23-15-11-9-10-14(12-15)20-25-18(5,6)19(7,8)26-20/h9-13H,1-8H3,(H,21,22). The number of ether oxygens (including phenoxy) is 2. The minimum absolute atomic E-state index is 0.403. The third kappa shape index (κ3) is 5.14. The minimum atomic E-state index is -0.555. The Balaban J connectivity index is 2.00. The molecule has 1 unspecified atom stereocenters. The summed E-state index contributed by atoms with van der Waals surface area (Å²) in [6.07, 6.45) is -1.06. The summed E-state index contributed by atoms with van der Waals surface area (Å²) in [6, 6.07) is 7.48. The minimum Gasteiger partial charge on any atom is -0.471 e. The molecule has 1 aromatic carbocycles. The molecule has 1 atom stereocenters. The summed E-state index contributed by atoms with van der Waals surface area (Å²) in [5.74, 6) is 0.612. The van der Waals surface area contributed by atoms with Crippen LogP contribution in [0.4, 0.5) is 4.79 Å². The summed E-state index contributed by atoms with van der Waals surface area (Å²) in [7, 11) is -0.460. The molecule has 26 heavy (non-hydrogen) atoms. The van der Waals surface area contributed by atoms with Crippen LogP contribution in [0.25, 0.3) is 0 Å². The van der Waals surface area contributed by atoms with Crippen LogP contribution in [0.2, 0.25) is 0 Å². The molecule has 1 aromatic rings. The summed E-state index contributed by atoms with van der Waals surface area (Å²) in [5.41, 5.74) is -0.494. The van der Waals surface area contributed by atoms with E-state index in [0.717, 1.165) is 5.46 Å². The summed E-state index contributed by atoms with van der Waals surface area (Å²) in [5, 5.41) is 2.65. The average molecular weight is 363 g/mol. The molecule has 1 amide bonds. The van der Waals surface area contributed by atoms with Gasteiger partial charge in [0.05, 0.1) is 11.2 Å². The van der Waals surface area contributed by atoms with Gasteiger partial charge in [0.1, 0.15) is 11.4 Å². The predicted octanol–water partition coefficient (Wildman–Crippen LogP) is 3.24. The Morgan fingerprint density at radius 1 is 1.15 bits per heavy atom. The lowest BCUT2D eigenvalue weighted by atomic mass is 9.79. The molecule has 0 saturated carbocycles. The average Bonchev–Trinajstić information content (AvgIpc) is 2.65. The molecule has 1 aliphatic rings. The molecule has 7 heteroatoms. The first-order chi connectivity index (χ1) is 11.8. The molecule has 1 aliphatic heterocycles. The first kappa shape index (κ1) is 20.6. The van der Waals surface area contributed by atoms with Gasteiger partial charge in [-0.25, -0.2) is 4.79 Å². The second-order valence-electron chi connectivity index (χ2n) is 8.57. The Labute approximate surface area is 156 Å². The lowest BCUT2D eigenvalue weighted by Crippen LogP contribution is -2.41. The molecule has 1 saturated heterocycles. The summed E-state index contributed by atoms with van der Waals surface area (Å²) >= 11 is 0. The molecule has 6 nitrogen and oxygen atoms in total. The number of benzene rings is 1. The second-order valence-corrected chi connectivity index (χ2v) is 8.57. The Hall–Kier alpha value is -1.73. The summed E-state index contributed by atoms with van der Waals surface area (Å²) < 4.78 is 23.1. The van der Waals surface area contributed by atoms with Gasteiger partial charge in [0, 0.05) is 0 Å². The second kappa shape index (κ2) is 7.12. The normalized spacial score (nSPS) is 19.8. The van der Waals surface area contributed by atoms with Crippen LogP contribution in [0.1, 0.15) is 55.4 Å². The van der Waals surface area contributed by atoms with Gasteiger partial charge in [-0.05, 0) is 73.0 Å². The van der Waals surface area contributed by atoms with Crippen molar-refractivity contribution in [3.8, 4) is 5.75 Å². The van der Waals surface area contributed by atoms with Crippen LogP contribution >= 0.6 is 0 Å². The summed E-state index contributed by atoms with van der Waals surface area (Å²) in [6.45, 7) is 15.2. The van der Waals surface area contributed by atoms with Crippen LogP contribution in [0.15, 0.2) is 24.3 Å². The van der Waals surface area contributed by atoms with Crippen molar-refractivity contribution in [1.82, 2.24) is 5.32 Å². The van der Waals surface area contributed by atoms with Crippen LogP contribution < -0.4 is 15.5 Å². The SMILES string of the molecule is CC(NC(=O)OC(C)(C)C)Oc1cccc(B2OC(C)(C)C(C)(C)O2)c1. The smallest absolute Gasteiger partial charge is 0.471 e. The molecular weight excluding hydrogens is 333 g/mol. The van der Waals surface area contributed by atoms with E-state index in [9.17, 15) is 4.79 Å². The van der Waals surface area contributed by atoms with E-state index in [-0.39, 0.29) is 0 Å². The number of rotatable bonds is 4. The largest absolute Gasteiger partial charge is 0.494 e. The lowest BCUT2D eigenvalue weighted by molar-refractivity contribution is 0.00578. The highest BCUT2D eigenvalue weighted by molar-refractivity contribution is 6.62. The fourth-order valence-electron chi connectivity index (χ4n) is 2.42. The predicted molar refractivity (Wildman–Crippen MR) is 102 cm³/mol. The summed E-state index contributed by atoms with van der Waals surface area (Å²) in [4.78, 5) is 11.8. The van der Waals surface area contributed by atoms with Crippen molar-refractivity contribution in [2.45, 2.75) is 78.4 Å². The van der Waals surface area contributed by atoms with Crippen LogP contribution in [-0.2, 0) is 14.0 Å². The van der Waals surface area contributed by atoms with E-state index < -0.39 is 36.2 Å². The topological polar surface area (TPSA) is 66.0 Å².